The van der Waals surface area contributed by atoms with Crippen molar-refractivity contribution in [2.75, 3.05) is 19.6 Å². The van der Waals surface area contributed by atoms with Crippen molar-refractivity contribution >= 4 is 17.8 Å². The van der Waals surface area contributed by atoms with Gasteiger partial charge in [0.15, 0.2) is 0 Å². The molecule has 37 heavy (non-hydrogen) atoms. The van der Waals surface area contributed by atoms with Gasteiger partial charge in [-0.25, -0.2) is 9.59 Å². The Labute approximate surface area is 214 Å². The van der Waals surface area contributed by atoms with Crippen LogP contribution in [0.15, 0.2) is 83.5 Å². The number of rotatable bonds is 5. The summed E-state index contributed by atoms with van der Waals surface area (Å²) >= 11 is 0. The molecule has 3 aliphatic heterocycles. The zero-order chi connectivity index (χ0) is 25.4. The molecule has 188 valence electrons. The molecule has 1 aromatic heterocycles. The van der Waals surface area contributed by atoms with E-state index in [2.05, 4.69) is 29.2 Å². The second kappa shape index (κ2) is 9.37. The predicted molar refractivity (Wildman–Crippen MR) is 133 cm³/mol. The summed E-state index contributed by atoms with van der Waals surface area (Å²) in [6.45, 7) is 2.89. The molecule has 8 nitrogen and oxygen atoms in total. The lowest BCUT2D eigenvalue weighted by molar-refractivity contribution is -0.275. The number of likely N-dealkylation sites (tertiary alicyclic amines) is 1. The first-order chi connectivity index (χ1) is 18.0. The first kappa shape index (κ1) is 23.2. The molecule has 1 fully saturated rings. The fraction of sp³-hybridized carbons (Fsp3) is 0.276. The van der Waals surface area contributed by atoms with Gasteiger partial charge >= 0.3 is 17.8 Å². The van der Waals surface area contributed by atoms with E-state index in [-0.39, 0.29) is 11.8 Å². The van der Waals surface area contributed by atoms with Crippen molar-refractivity contribution in [1.29, 1.82) is 0 Å². The third-order valence-electron chi connectivity index (χ3n) is 7.25. The topological polar surface area (TPSA) is 89.3 Å². The standard InChI is InChI=1S/C29H26N2O6/c32-26-11-12-27(33)37-29(36-26)24-5-2-1-4-23(24)28(34)31(29)19-21-13-15-30(16-14-21)18-20-7-9-22(10-8-20)25-6-3-17-35-25/h1-12,17,21H,13-16,18-19H2. The zero-order valence-corrected chi connectivity index (χ0v) is 20.2. The second-order valence-corrected chi connectivity index (χ2v) is 9.61. The zero-order valence-electron chi connectivity index (χ0n) is 20.2. The van der Waals surface area contributed by atoms with Crippen molar-refractivity contribution in [1.82, 2.24) is 9.80 Å². The summed E-state index contributed by atoms with van der Waals surface area (Å²) in [5.41, 5.74) is 3.02. The number of amides is 1. The molecule has 4 heterocycles. The van der Waals surface area contributed by atoms with E-state index in [1.807, 2.05) is 12.1 Å². The van der Waals surface area contributed by atoms with Gasteiger partial charge in [-0.1, -0.05) is 36.4 Å². The lowest BCUT2D eigenvalue weighted by atomic mass is 9.95. The number of esters is 2. The van der Waals surface area contributed by atoms with Gasteiger partial charge in [-0.05, 0) is 61.7 Å². The number of hydrogen-bond acceptors (Lipinski definition) is 7. The number of piperidine rings is 1. The van der Waals surface area contributed by atoms with Crippen LogP contribution in [0.3, 0.4) is 0 Å². The smallest absolute Gasteiger partial charge is 0.375 e. The summed E-state index contributed by atoms with van der Waals surface area (Å²) < 4.78 is 16.7. The van der Waals surface area contributed by atoms with Gasteiger partial charge in [0.1, 0.15) is 5.76 Å². The molecule has 2 aromatic carbocycles. The molecule has 0 N–H and O–H groups in total. The van der Waals surface area contributed by atoms with E-state index < -0.39 is 17.8 Å². The summed E-state index contributed by atoms with van der Waals surface area (Å²) in [6, 6.07) is 19.0. The SMILES string of the molecule is O=C1C=CC(=O)OC2(O1)c1ccccc1C(=O)N2CC1CCN(Cc2ccc(-c3ccco3)cc2)CC1. The Bertz CT molecular complexity index is 1330. The van der Waals surface area contributed by atoms with Gasteiger partial charge in [0.2, 0.25) is 0 Å². The minimum atomic E-state index is -1.88. The Morgan fingerprint density at radius 3 is 2.22 bits per heavy atom. The maximum absolute atomic E-state index is 13.4. The van der Waals surface area contributed by atoms with Crippen molar-refractivity contribution in [3.8, 4) is 11.3 Å². The van der Waals surface area contributed by atoms with E-state index in [1.165, 1.54) is 10.5 Å². The number of hydrogen-bond donors (Lipinski definition) is 0. The van der Waals surface area contributed by atoms with Gasteiger partial charge in [0.05, 0.1) is 17.4 Å². The first-order valence-corrected chi connectivity index (χ1v) is 12.4. The van der Waals surface area contributed by atoms with E-state index in [4.69, 9.17) is 13.9 Å². The van der Waals surface area contributed by atoms with Crippen molar-refractivity contribution in [3.05, 3.63) is 95.8 Å². The molecule has 0 radical (unpaired) electrons. The van der Waals surface area contributed by atoms with Crippen LogP contribution in [0.25, 0.3) is 11.3 Å². The summed E-state index contributed by atoms with van der Waals surface area (Å²) in [7, 11) is 0. The number of benzene rings is 2. The lowest BCUT2D eigenvalue weighted by Gasteiger charge is -2.39. The highest BCUT2D eigenvalue weighted by Crippen LogP contribution is 2.43. The van der Waals surface area contributed by atoms with Crippen LogP contribution < -0.4 is 0 Å². The number of ether oxygens (including phenoxy) is 2. The average molecular weight is 499 g/mol. The van der Waals surface area contributed by atoms with Crippen LogP contribution in [0.1, 0.15) is 34.3 Å². The molecule has 1 amide bonds. The van der Waals surface area contributed by atoms with Gasteiger partial charge in [-0.2, -0.15) is 0 Å². The number of carbonyl (C=O) groups is 3. The third kappa shape index (κ3) is 4.34. The normalized spacial score (nSPS) is 19.6. The van der Waals surface area contributed by atoms with Crippen LogP contribution in [-0.2, 0) is 31.5 Å². The molecule has 3 aliphatic rings. The van der Waals surface area contributed by atoms with Crippen molar-refractivity contribution in [3.63, 3.8) is 0 Å². The van der Waals surface area contributed by atoms with Crippen LogP contribution in [0.4, 0.5) is 0 Å². The van der Waals surface area contributed by atoms with Crippen molar-refractivity contribution in [2.24, 2.45) is 5.92 Å². The Kier molecular flexibility index (Phi) is 5.88. The molecule has 0 saturated carbocycles. The molecule has 3 aromatic rings. The highest BCUT2D eigenvalue weighted by atomic mass is 16.8. The summed E-state index contributed by atoms with van der Waals surface area (Å²) in [4.78, 5) is 41.9. The van der Waals surface area contributed by atoms with Gasteiger partial charge < -0.3 is 13.9 Å². The van der Waals surface area contributed by atoms with Gasteiger partial charge in [-0.15, -0.1) is 0 Å². The molecule has 6 rings (SSSR count). The van der Waals surface area contributed by atoms with Crippen LogP contribution >= 0.6 is 0 Å². The van der Waals surface area contributed by atoms with E-state index in [0.717, 1.165) is 56.0 Å². The van der Waals surface area contributed by atoms with Crippen LogP contribution in [0.2, 0.25) is 0 Å². The highest BCUT2D eigenvalue weighted by Gasteiger charge is 2.57. The monoisotopic (exact) mass is 498 g/mol. The molecule has 0 unspecified atom stereocenters. The Hall–Kier alpha value is -4.17. The first-order valence-electron chi connectivity index (χ1n) is 12.4. The minimum Gasteiger partial charge on any atom is -0.464 e. The van der Waals surface area contributed by atoms with Gasteiger partial charge in [0.25, 0.3) is 5.91 Å². The number of carbonyl (C=O) groups excluding carboxylic acids is 3. The number of fused-ring (bicyclic) bond motifs is 2. The predicted octanol–water partition coefficient (Wildman–Crippen LogP) is 4.08. The Morgan fingerprint density at radius 2 is 1.54 bits per heavy atom. The van der Waals surface area contributed by atoms with Crippen molar-refractivity contribution < 1.29 is 28.3 Å². The minimum absolute atomic E-state index is 0.168. The lowest BCUT2D eigenvalue weighted by Crippen LogP contribution is -2.52. The van der Waals surface area contributed by atoms with Gasteiger partial charge in [0, 0.05) is 30.8 Å². The molecular weight excluding hydrogens is 472 g/mol. The van der Waals surface area contributed by atoms with E-state index in [1.54, 1.807) is 30.5 Å². The van der Waals surface area contributed by atoms with Crippen LogP contribution in [0.5, 0.6) is 0 Å². The molecule has 8 heteroatoms. The molecule has 0 bridgehead atoms. The second-order valence-electron chi connectivity index (χ2n) is 9.61. The fourth-order valence-electron chi connectivity index (χ4n) is 5.35. The summed E-state index contributed by atoms with van der Waals surface area (Å²) in [5, 5.41) is 0. The molecular formula is C29H26N2O6. The fourth-order valence-corrected chi connectivity index (χ4v) is 5.35. The van der Waals surface area contributed by atoms with Gasteiger partial charge in [-0.3, -0.25) is 14.6 Å². The van der Waals surface area contributed by atoms with E-state index in [0.29, 0.717) is 17.7 Å². The van der Waals surface area contributed by atoms with E-state index >= 15 is 0 Å². The Morgan fingerprint density at radius 1 is 0.838 bits per heavy atom. The number of nitrogens with zero attached hydrogens (tertiary/aromatic N) is 2. The highest BCUT2D eigenvalue weighted by molar-refractivity contribution is 6.01. The quantitative estimate of drug-likeness (QED) is 0.490. The number of furan rings is 1. The average Bonchev–Trinajstić information content (AvgIpc) is 3.48. The van der Waals surface area contributed by atoms with Crippen LogP contribution in [-0.4, -0.2) is 47.3 Å². The van der Waals surface area contributed by atoms with E-state index in [9.17, 15) is 14.4 Å². The van der Waals surface area contributed by atoms with Crippen LogP contribution in [0, 0.1) is 5.92 Å². The maximum atomic E-state index is 13.4. The summed E-state index contributed by atoms with van der Waals surface area (Å²) in [5.74, 6) is -2.62. The largest absolute Gasteiger partial charge is 0.464 e. The van der Waals surface area contributed by atoms with Crippen molar-refractivity contribution in [2.45, 2.75) is 25.3 Å². The molecule has 1 saturated heterocycles. The third-order valence-corrected chi connectivity index (χ3v) is 7.25. The molecule has 0 aliphatic carbocycles. The Balaban J connectivity index is 1.13. The molecule has 1 spiro atoms. The molecule has 0 atom stereocenters. The summed E-state index contributed by atoms with van der Waals surface area (Å²) in [6.07, 6.45) is 5.45. The maximum Gasteiger partial charge on any atom is 0.375 e.